The van der Waals surface area contributed by atoms with Gasteiger partial charge in [0.2, 0.25) is 0 Å². The molecule has 3 rings (SSSR count). The highest BCUT2D eigenvalue weighted by Crippen LogP contribution is 2.46. The molecule has 0 amide bonds. The molecule has 2 aliphatic rings. The van der Waals surface area contributed by atoms with Gasteiger partial charge in [-0.25, -0.2) is 0 Å². The number of hydrogen-bond donors (Lipinski definition) is 1. The van der Waals surface area contributed by atoms with Crippen molar-refractivity contribution in [3.05, 3.63) is 28.8 Å². The van der Waals surface area contributed by atoms with Gasteiger partial charge >= 0.3 is 5.97 Å². The Labute approximate surface area is 121 Å². The van der Waals surface area contributed by atoms with Crippen molar-refractivity contribution in [3.63, 3.8) is 0 Å². The maximum Gasteiger partial charge on any atom is 0.311 e. The number of hydrogen-bond acceptors (Lipinski definition) is 3. The monoisotopic (exact) mass is 297 g/mol. The van der Waals surface area contributed by atoms with Crippen molar-refractivity contribution >= 4 is 35.0 Å². The zero-order valence-corrected chi connectivity index (χ0v) is 12.2. The molecule has 1 aromatic carbocycles. The predicted octanol–water partition coefficient (Wildman–Crippen LogP) is 3.08. The average Bonchev–Trinajstić information content (AvgIpc) is 2.39. The molecule has 1 fully saturated rings. The van der Waals surface area contributed by atoms with Gasteiger partial charge < -0.3 is 10.0 Å². The van der Waals surface area contributed by atoms with E-state index in [2.05, 4.69) is 11.9 Å². The number of halogens is 1. The minimum atomic E-state index is -0.714. The van der Waals surface area contributed by atoms with Gasteiger partial charge in [-0.15, -0.1) is 0 Å². The molecule has 3 nitrogen and oxygen atoms in total. The van der Waals surface area contributed by atoms with E-state index in [1.54, 1.807) is 6.07 Å². The predicted molar refractivity (Wildman–Crippen MR) is 79.5 cm³/mol. The fourth-order valence-electron chi connectivity index (χ4n) is 3.36. The van der Waals surface area contributed by atoms with Crippen LogP contribution in [0, 0.1) is 5.92 Å². The molecule has 2 heterocycles. The molecule has 0 radical (unpaired) electrons. The quantitative estimate of drug-likeness (QED) is 0.865. The first-order valence-electron chi connectivity index (χ1n) is 6.42. The fraction of sp³-hybridized carbons (Fsp3) is 0.500. The van der Waals surface area contributed by atoms with E-state index in [1.165, 1.54) is 0 Å². The first kappa shape index (κ1) is 13.1. The van der Waals surface area contributed by atoms with Crippen LogP contribution in [0.15, 0.2) is 18.2 Å². The third-order valence-corrected chi connectivity index (χ3v) is 5.64. The number of rotatable bonds is 1. The molecule has 0 aliphatic carbocycles. The molecule has 0 saturated carbocycles. The number of nitrogens with zero attached hydrogens (tertiary/aromatic N) is 1. The Balaban J connectivity index is 2.13. The molecular weight excluding hydrogens is 282 g/mol. The number of carbonyl (C=O) groups is 1. The number of benzene rings is 1. The zero-order valence-electron chi connectivity index (χ0n) is 10.7. The average molecular weight is 298 g/mol. The van der Waals surface area contributed by atoms with Crippen molar-refractivity contribution in [3.8, 4) is 0 Å². The number of anilines is 1. The minimum absolute atomic E-state index is 0.190. The van der Waals surface area contributed by atoms with Gasteiger partial charge in [-0.3, -0.25) is 4.79 Å². The van der Waals surface area contributed by atoms with Crippen LogP contribution in [0.4, 0.5) is 5.69 Å². The van der Waals surface area contributed by atoms with Crippen molar-refractivity contribution in [1.29, 1.82) is 0 Å². The molecule has 2 aliphatic heterocycles. The Kier molecular flexibility index (Phi) is 3.39. The highest BCUT2D eigenvalue weighted by molar-refractivity contribution is 7.99. The highest BCUT2D eigenvalue weighted by atomic mass is 35.5. The van der Waals surface area contributed by atoms with Crippen molar-refractivity contribution < 1.29 is 9.90 Å². The molecule has 3 atom stereocenters. The van der Waals surface area contributed by atoms with Gasteiger partial charge in [-0.05, 0) is 35.6 Å². The second-order valence-electron chi connectivity index (χ2n) is 5.22. The molecule has 3 unspecified atom stereocenters. The van der Waals surface area contributed by atoms with E-state index in [-0.39, 0.29) is 5.92 Å². The summed E-state index contributed by atoms with van der Waals surface area (Å²) in [5.41, 5.74) is 1.89. The van der Waals surface area contributed by atoms with E-state index < -0.39 is 11.9 Å². The molecule has 1 saturated heterocycles. The van der Waals surface area contributed by atoms with Gasteiger partial charge in [0, 0.05) is 29.7 Å². The van der Waals surface area contributed by atoms with Gasteiger partial charge in [-0.2, -0.15) is 11.8 Å². The standard InChI is InChI=1S/C14H16ClNO2S/c1-16-11-4-5-19-7-10(11)13(14(17)18)9-3-2-8(15)6-12(9)16/h2-3,6,10-11,13H,4-5,7H2,1H3,(H,17,18). The van der Waals surface area contributed by atoms with Crippen molar-refractivity contribution in [2.24, 2.45) is 5.92 Å². The van der Waals surface area contributed by atoms with Gasteiger partial charge in [0.1, 0.15) is 0 Å². The SMILES string of the molecule is CN1c2cc(Cl)ccc2C(C(=O)O)C2CSCCC21. The number of carboxylic acids is 1. The van der Waals surface area contributed by atoms with Crippen LogP contribution in [0.25, 0.3) is 0 Å². The van der Waals surface area contributed by atoms with Crippen LogP contribution in [-0.2, 0) is 4.79 Å². The fourth-order valence-corrected chi connectivity index (χ4v) is 4.79. The maximum atomic E-state index is 11.7. The largest absolute Gasteiger partial charge is 0.481 e. The van der Waals surface area contributed by atoms with Crippen molar-refractivity contribution in [2.75, 3.05) is 23.5 Å². The van der Waals surface area contributed by atoms with Crippen molar-refractivity contribution in [2.45, 2.75) is 18.4 Å². The smallest absolute Gasteiger partial charge is 0.311 e. The Morgan fingerprint density at radius 1 is 1.53 bits per heavy atom. The lowest BCUT2D eigenvalue weighted by Crippen LogP contribution is -2.50. The molecule has 19 heavy (non-hydrogen) atoms. The summed E-state index contributed by atoms with van der Waals surface area (Å²) in [6, 6.07) is 5.88. The molecule has 1 aromatic rings. The summed E-state index contributed by atoms with van der Waals surface area (Å²) in [5, 5.41) is 10.3. The summed E-state index contributed by atoms with van der Waals surface area (Å²) in [5.74, 6) is 1.10. The highest BCUT2D eigenvalue weighted by Gasteiger charge is 2.44. The van der Waals surface area contributed by atoms with E-state index in [4.69, 9.17) is 11.6 Å². The van der Waals surface area contributed by atoms with Gasteiger partial charge in [-0.1, -0.05) is 17.7 Å². The molecule has 1 N–H and O–H groups in total. The summed E-state index contributed by atoms with van der Waals surface area (Å²) in [4.78, 5) is 13.9. The second kappa shape index (κ2) is 4.91. The minimum Gasteiger partial charge on any atom is -0.481 e. The third-order valence-electron chi connectivity index (χ3n) is 4.26. The van der Waals surface area contributed by atoms with E-state index >= 15 is 0 Å². The number of carboxylic acid groups (broad SMARTS) is 1. The van der Waals surface area contributed by atoms with Crippen LogP contribution in [0.3, 0.4) is 0 Å². The van der Waals surface area contributed by atoms with Crippen LogP contribution >= 0.6 is 23.4 Å². The Morgan fingerprint density at radius 3 is 3.05 bits per heavy atom. The molecule has 5 heteroatoms. The van der Waals surface area contributed by atoms with Crippen LogP contribution in [0.1, 0.15) is 17.9 Å². The van der Waals surface area contributed by atoms with Gasteiger partial charge in [0.15, 0.2) is 0 Å². The first-order chi connectivity index (χ1) is 9.09. The summed E-state index contributed by atoms with van der Waals surface area (Å²) in [6.07, 6.45) is 1.04. The lowest BCUT2D eigenvalue weighted by Gasteiger charge is -2.47. The third kappa shape index (κ3) is 2.11. The Bertz CT molecular complexity index is 522. The molecule has 0 bridgehead atoms. The molecule has 0 spiro atoms. The first-order valence-corrected chi connectivity index (χ1v) is 7.95. The van der Waals surface area contributed by atoms with Crippen LogP contribution < -0.4 is 4.90 Å². The number of aliphatic carboxylic acids is 1. The molecule has 102 valence electrons. The van der Waals surface area contributed by atoms with E-state index in [0.29, 0.717) is 11.1 Å². The lowest BCUT2D eigenvalue weighted by atomic mass is 9.76. The molecular formula is C14H16ClNO2S. The molecule has 0 aromatic heterocycles. The van der Waals surface area contributed by atoms with Crippen molar-refractivity contribution in [1.82, 2.24) is 0 Å². The van der Waals surface area contributed by atoms with E-state index in [9.17, 15) is 9.90 Å². The van der Waals surface area contributed by atoms with E-state index in [0.717, 1.165) is 29.2 Å². The van der Waals surface area contributed by atoms with Gasteiger partial charge in [0.05, 0.1) is 5.92 Å². The normalized spacial score (nSPS) is 29.6. The summed E-state index contributed by atoms with van der Waals surface area (Å²) < 4.78 is 0. The summed E-state index contributed by atoms with van der Waals surface area (Å²) in [6.45, 7) is 0. The Morgan fingerprint density at radius 2 is 2.32 bits per heavy atom. The lowest BCUT2D eigenvalue weighted by molar-refractivity contribution is -0.140. The van der Waals surface area contributed by atoms with Crippen LogP contribution in [-0.4, -0.2) is 35.7 Å². The number of fused-ring (bicyclic) bond motifs is 2. The topological polar surface area (TPSA) is 40.5 Å². The summed E-state index contributed by atoms with van der Waals surface area (Å²) in [7, 11) is 2.06. The maximum absolute atomic E-state index is 11.7. The van der Waals surface area contributed by atoms with Crippen LogP contribution in [0.5, 0.6) is 0 Å². The summed E-state index contributed by atoms with van der Waals surface area (Å²) >= 11 is 7.93. The zero-order chi connectivity index (χ0) is 13.6. The Hall–Kier alpha value is -0.870. The van der Waals surface area contributed by atoms with E-state index in [1.807, 2.05) is 23.9 Å². The second-order valence-corrected chi connectivity index (χ2v) is 6.81. The van der Waals surface area contributed by atoms with Gasteiger partial charge in [0.25, 0.3) is 0 Å². The van der Waals surface area contributed by atoms with Crippen LogP contribution in [0.2, 0.25) is 5.02 Å². The number of thioether (sulfide) groups is 1.